The van der Waals surface area contributed by atoms with Crippen LogP contribution in [0.5, 0.6) is 5.75 Å². The molecule has 0 aromatic heterocycles. The van der Waals surface area contributed by atoms with Crippen LogP contribution < -0.4 is 4.74 Å². The van der Waals surface area contributed by atoms with E-state index >= 15 is 0 Å². The first-order valence-electron chi connectivity index (χ1n) is 9.12. The van der Waals surface area contributed by atoms with Gasteiger partial charge in [0.25, 0.3) is 0 Å². The van der Waals surface area contributed by atoms with Crippen LogP contribution in [0.15, 0.2) is 83.8 Å². The Hall–Kier alpha value is -2.59. The van der Waals surface area contributed by atoms with Crippen LogP contribution in [0.3, 0.4) is 0 Å². The topological polar surface area (TPSA) is 43.4 Å². The van der Waals surface area contributed by atoms with Gasteiger partial charge in [-0.15, -0.1) is 0 Å². The number of rotatable bonds is 8. The van der Waals surface area contributed by atoms with Crippen molar-refractivity contribution in [3.8, 4) is 16.9 Å². The van der Waals surface area contributed by atoms with Crippen LogP contribution in [0.25, 0.3) is 11.1 Å². The van der Waals surface area contributed by atoms with Crippen LogP contribution in [-0.4, -0.2) is 20.8 Å². The van der Waals surface area contributed by atoms with Gasteiger partial charge in [-0.1, -0.05) is 60.2 Å². The standard InChI is InChI=1S/C23H24O3S/c1-19-9-15-23(16-10-19)27(24,25)18-6-5-17-26-22-13-11-21(12-14-22)20-7-3-2-4-8-20/h2-4,7-16H,5-6,17-18H2,1H3. The highest BCUT2D eigenvalue weighted by Gasteiger charge is 2.13. The fraction of sp³-hybridized carbons (Fsp3) is 0.217. The van der Waals surface area contributed by atoms with Crippen molar-refractivity contribution in [2.75, 3.05) is 12.4 Å². The summed E-state index contributed by atoms with van der Waals surface area (Å²) < 4.78 is 30.4. The SMILES string of the molecule is Cc1ccc(S(=O)(=O)CCCCOc2ccc(-c3ccccc3)cc2)cc1. The first-order chi connectivity index (χ1) is 13.0. The van der Waals surface area contributed by atoms with Crippen molar-refractivity contribution < 1.29 is 13.2 Å². The highest BCUT2D eigenvalue weighted by Crippen LogP contribution is 2.22. The lowest BCUT2D eigenvalue weighted by molar-refractivity contribution is 0.309. The van der Waals surface area contributed by atoms with E-state index in [1.54, 1.807) is 12.1 Å². The lowest BCUT2D eigenvalue weighted by Gasteiger charge is -2.08. The normalized spacial score (nSPS) is 11.3. The maximum atomic E-state index is 12.3. The molecular weight excluding hydrogens is 356 g/mol. The molecule has 0 spiro atoms. The molecule has 0 bridgehead atoms. The Morgan fingerprint density at radius 3 is 2.04 bits per heavy atom. The Balaban J connectivity index is 1.44. The Labute approximate surface area is 161 Å². The van der Waals surface area contributed by atoms with Gasteiger partial charge in [-0.25, -0.2) is 8.42 Å². The van der Waals surface area contributed by atoms with Crippen LogP contribution in [0.4, 0.5) is 0 Å². The van der Waals surface area contributed by atoms with E-state index in [9.17, 15) is 8.42 Å². The molecule has 3 nitrogen and oxygen atoms in total. The first-order valence-corrected chi connectivity index (χ1v) is 10.8. The summed E-state index contributed by atoms with van der Waals surface area (Å²) in [5, 5.41) is 0. The van der Waals surface area contributed by atoms with Crippen molar-refractivity contribution >= 4 is 9.84 Å². The van der Waals surface area contributed by atoms with Gasteiger partial charge >= 0.3 is 0 Å². The Morgan fingerprint density at radius 2 is 1.37 bits per heavy atom. The second-order valence-electron chi connectivity index (χ2n) is 6.58. The minimum Gasteiger partial charge on any atom is -0.494 e. The summed E-state index contributed by atoms with van der Waals surface area (Å²) >= 11 is 0. The van der Waals surface area contributed by atoms with Gasteiger partial charge in [0.2, 0.25) is 0 Å². The molecule has 0 unspecified atom stereocenters. The van der Waals surface area contributed by atoms with E-state index in [1.165, 1.54) is 5.56 Å². The number of ether oxygens (including phenoxy) is 1. The lowest BCUT2D eigenvalue weighted by atomic mass is 10.1. The summed E-state index contributed by atoms with van der Waals surface area (Å²) in [6, 6.07) is 25.2. The molecule has 3 aromatic rings. The number of benzene rings is 3. The van der Waals surface area contributed by atoms with Crippen molar-refractivity contribution in [3.05, 3.63) is 84.4 Å². The zero-order chi connectivity index (χ0) is 19.1. The molecule has 0 aliphatic carbocycles. The van der Waals surface area contributed by atoms with E-state index in [-0.39, 0.29) is 5.75 Å². The molecule has 3 aromatic carbocycles. The molecule has 27 heavy (non-hydrogen) atoms. The van der Waals surface area contributed by atoms with E-state index < -0.39 is 9.84 Å². The number of aryl methyl sites for hydroxylation is 1. The molecule has 0 saturated carbocycles. The smallest absolute Gasteiger partial charge is 0.178 e. The molecular formula is C23H24O3S. The summed E-state index contributed by atoms with van der Waals surface area (Å²) in [6.45, 7) is 2.45. The summed E-state index contributed by atoms with van der Waals surface area (Å²) in [7, 11) is -3.21. The van der Waals surface area contributed by atoms with Gasteiger partial charge in [-0.3, -0.25) is 0 Å². The van der Waals surface area contributed by atoms with Crippen LogP contribution in [0.1, 0.15) is 18.4 Å². The molecule has 0 aliphatic rings. The molecule has 0 N–H and O–H groups in total. The fourth-order valence-corrected chi connectivity index (χ4v) is 4.19. The highest BCUT2D eigenvalue weighted by molar-refractivity contribution is 7.91. The van der Waals surface area contributed by atoms with Crippen molar-refractivity contribution in [1.29, 1.82) is 0 Å². The third-order valence-electron chi connectivity index (χ3n) is 4.42. The molecule has 0 amide bonds. The van der Waals surface area contributed by atoms with Crippen LogP contribution >= 0.6 is 0 Å². The van der Waals surface area contributed by atoms with Crippen LogP contribution in [0, 0.1) is 6.92 Å². The van der Waals surface area contributed by atoms with E-state index in [0.29, 0.717) is 24.3 Å². The lowest BCUT2D eigenvalue weighted by Crippen LogP contribution is -2.08. The van der Waals surface area contributed by atoms with Gasteiger partial charge in [0.15, 0.2) is 9.84 Å². The zero-order valence-electron chi connectivity index (χ0n) is 15.5. The second-order valence-corrected chi connectivity index (χ2v) is 8.69. The predicted octanol–water partition coefficient (Wildman–Crippen LogP) is 5.29. The molecule has 0 saturated heterocycles. The molecule has 0 radical (unpaired) electrons. The fourth-order valence-electron chi connectivity index (χ4n) is 2.82. The summed E-state index contributed by atoms with van der Waals surface area (Å²) in [5.74, 6) is 0.947. The van der Waals surface area contributed by atoms with Gasteiger partial charge in [0.05, 0.1) is 17.3 Å². The Bertz CT molecular complexity index is 945. The van der Waals surface area contributed by atoms with Gasteiger partial charge in [-0.2, -0.15) is 0 Å². The van der Waals surface area contributed by atoms with Crippen LogP contribution in [-0.2, 0) is 9.84 Å². The number of unbranched alkanes of at least 4 members (excludes halogenated alkanes) is 1. The van der Waals surface area contributed by atoms with E-state index in [1.807, 2.05) is 61.5 Å². The molecule has 0 atom stereocenters. The number of hydrogen-bond donors (Lipinski definition) is 0. The van der Waals surface area contributed by atoms with Gasteiger partial charge in [0, 0.05) is 0 Å². The van der Waals surface area contributed by atoms with E-state index in [4.69, 9.17) is 4.74 Å². The minimum atomic E-state index is -3.21. The molecule has 0 aliphatic heterocycles. The van der Waals surface area contributed by atoms with Crippen molar-refractivity contribution in [2.24, 2.45) is 0 Å². The average Bonchev–Trinajstić information content (AvgIpc) is 2.69. The van der Waals surface area contributed by atoms with E-state index in [2.05, 4.69) is 12.1 Å². The molecule has 4 heteroatoms. The summed E-state index contributed by atoms with van der Waals surface area (Å²) in [6.07, 6.45) is 1.28. The van der Waals surface area contributed by atoms with Crippen molar-refractivity contribution in [1.82, 2.24) is 0 Å². The monoisotopic (exact) mass is 380 g/mol. The largest absolute Gasteiger partial charge is 0.494 e. The quantitative estimate of drug-likeness (QED) is 0.498. The third-order valence-corrected chi connectivity index (χ3v) is 6.23. The zero-order valence-corrected chi connectivity index (χ0v) is 16.3. The van der Waals surface area contributed by atoms with Crippen molar-refractivity contribution in [3.63, 3.8) is 0 Å². The minimum absolute atomic E-state index is 0.145. The first kappa shape index (κ1) is 19.2. The van der Waals surface area contributed by atoms with Crippen molar-refractivity contribution in [2.45, 2.75) is 24.7 Å². The predicted molar refractivity (Wildman–Crippen MR) is 110 cm³/mol. The average molecular weight is 381 g/mol. The molecule has 0 heterocycles. The Morgan fingerprint density at radius 1 is 0.741 bits per heavy atom. The maximum Gasteiger partial charge on any atom is 0.178 e. The molecule has 0 fully saturated rings. The van der Waals surface area contributed by atoms with Gasteiger partial charge < -0.3 is 4.74 Å². The number of hydrogen-bond acceptors (Lipinski definition) is 3. The van der Waals surface area contributed by atoms with Gasteiger partial charge in [-0.05, 0) is 55.2 Å². The second kappa shape index (κ2) is 8.87. The van der Waals surface area contributed by atoms with Crippen LogP contribution in [0.2, 0.25) is 0 Å². The maximum absolute atomic E-state index is 12.3. The third kappa shape index (κ3) is 5.44. The summed E-state index contributed by atoms with van der Waals surface area (Å²) in [4.78, 5) is 0.394. The molecule has 3 rings (SSSR count). The van der Waals surface area contributed by atoms with E-state index in [0.717, 1.165) is 16.9 Å². The summed E-state index contributed by atoms with van der Waals surface area (Å²) in [5.41, 5.74) is 3.37. The molecule has 140 valence electrons. The van der Waals surface area contributed by atoms with Gasteiger partial charge in [0.1, 0.15) is 5.75 Å². The number of sulfone groups is 1. The Kier molecular flexibility index (Phi) is 6.30. The highest BCUT2D eigenvalue weighted by atomic mass is 32.2.